The van der Waals surface area contributed by atoms with Crippen LogP contribution in [-0.2, 0) is 4.74 Å². The van der Waals surface area contributed by atoms with Crippen molar-refractivity contribution in [3.8, 4) is 11.4 Å². The minimum Gasteiger partial charge on any atom is -0.465 e. The lowest BCUT2D eigenvalue weighted by Crippen LogP contribution is -2.00. The van der Waals surface area contributed by atoms with Crippen molar-refractivity contribution < 1.29 is 14.7 Å². The largest absolute Gasteiger partial charge is 0.465 e. The fourth-order valence-electron chi connectivity index (χ4n) is 2.09. The van der Waals surface area contributed by atoms with Gasteiger partial charge in [0.15, 0.2) is 5.82 Å². The lowest BCUT2D eigenvalue weighted by atomic mass is 10.2. The highest BCUT2D eigenvalue weighted by molar-refractivity contribution is 5.94. The number of benzene rings is 2. The molecule has 1 aromatic heterocycles. The monoisotopic (exact) mass is 268 g/mol. The second kappa shape index (κ2) is 4.70. The highest BCUT2D eigenvalue weighted by atomic mass is 16.5. The summed E-state index contributed by atoms with van der Waals surface area (Å²) in [6.07, 6.45) is 0. The van der Waals surface area contributed by atoms with Gasteiger partial charge in [0.2, 0.25) is 0 Å². The summed E-state index contributed by atoms with van der Waals surface area (Å²) >= 11 is 0. The first-order chi connectivity index (χ1) is 9.70. The van der Waals surface area contributed by atoms with Crippen molar-refractivity contribution in [3.05, 3.63) is 54.1 Å². The number of nitrogens with zero attached hydrogens (tertiary/aromatic N) is 2. The van der Waals surface area contributed by atoms with Gasteiger partial charge in [-0.05, 0) is 18.2 Å². The summed E-state index contributed by atoms with van der Waals surface area (Å²) in [5.41, 5.74) is 2.27. The van der Waals surface area contributed by atoms with Crippen LogP contribution in [-0.4, -0.2) is 28.0 Å². The van der Waals surface area contributed by atoms with Gasteiger partial charge in [0, 0.05) is 5.56 Å². The number of imidazole rings is 1. The second-order valence-electron chi connectivity index (χ2n) is 4.31. The number of methoxy groups -OCH3 is 1. The van der Waals surface area contributed by atoms with E-state index in [1.807, 2.05) is 30.3 Å². The third-order valence-corrected chi connectivity index (χ3v) is 3.08. The van der Waals surface area contributed by atoms with Crippen LogP contribution in [0.3, 0.4) is 0 Å². The first-order valence-electron chi connectivity index (χ1n) is 6.06. The zero-order valence-electron chi connectivity index (χ0n) is 10.8. The van der Waals surface area contributed by atoms with E-state index in [-0.39, 0.29) is 0 Å². The first-order valence-corrected chi connectivity index (χ1v) is 6.06. The summed E-state index contributed by atoms with van der Waals surface area (Å²) in [6.45, 7) is 0. The Hall–Kier alpha value is -2.82. The van der Waals surface area contributed by atoms with Crippen molar-refractivity contribution in [3.63, 3.8) is 0 Å². The van der Waals surface area contributed by atoms with Crippen LogP contribution < -0.4 is 0 Å². The molecule has 2 aromatic carbocycles. The number of esters is 1. The lowest BCUT2D eigenvalue weighted by molar-refractivity contribution is 0.0601. The average molecular weight is 268 g/mol. The molecule has 1 N–H and O–H groups in total. The highest BCUT2D eigenvalue weighted by Crippen LogP contribution is 2.24. The minimum absolute atomic E-state index is 0.401. The number of rotatable bonds is 2. The summed E-state index contributed by atoms with van der Waals surface area (Å²) in [7, 11) is 1.33. The Morgan fingerprint density at radius 3 is 2.65 bits per heavy atom. The molecule has 0 aliphatic rings. The predicted octanol–water partition coefficient (Wildman–Crippen LogP) is 2.73. The quantitative estimate of drug-likeness (QED) is 0.573. The third kappa shape index (κ3) is 1.89. The molecule has 0 unspecified atom stereocenters. The van der Waals surface area contributed by atoms with Crippen molar-refractivity contribution in [2.75, 3.05) is 7.11 Å². The SMILES string of the molecule is COC(=O)c1ccc2c(c1)nc(-c1ccccc1)n2O. The van der Waals surface area contributed by atoms with Crippen LogP contribution in [0, 0.1) is 0 Å². The zero-order chi connectivity index (χ0) is 14.1. The molecule has 100 valence electrons. The normalized spacial score (nSPS) is 10.7. The van der Waals surface area contributed by atoms with E-state index in [2.05, 4.69) is 9.72 Å². The molecule has 0 radical (unpaired) electrons. The molecule has 0 amide bonds. The summed E-state index contributed by atoms with van der Waals surface area (Å²) in [6, 6.07) is 14.2. The van der Waals surface area contributed by atoms with Crippen LogP contribution >= 0.6 is 0 Å². The lowest BCUT2D eigenvalue weighted by Gasteiger charge is -2.00. The van der Waals surface area contributed by atoms with Crippen LogP contribution in [0.25, 0.3) is 22.4 Å². The molecular formula is C15H12N2O3. The van der Waals surface area contributed by atoms with Gasteiger partial charge in [0.05, 0.1) is 18.2 Å². The highest BCUT2D eigenvalue weighted by Gasteiger charge is 2.14. The number of ether oxygens (including phenoxy) is 1. The summed E-state index contributed by atoms with van der Waals surface area (Å²) < 4.78 is 5.69. The van der Waals surface area contributed by atoms with Crippen molar-refractivity contribution in [1.29, 1.82) is 0 Å². The maximum atomic E-state index is 11.5. The van der Waals surface area contributed by atoms with Crippen LogP contribution in [0.1, 0.15) is 10.4 Å². The Bertz CT molecular complexity index is 778. The van der Waals surface area contributed by atoms with Crippen molar-refractivity contribution >= 4 is 17.0 Å². The molecule has 20 heavy (non-hydrogen) atoms. The van der Waals surface area contributed by atoms with Gasteiger partial charge in [-0.1, -0.05) is 30.3 Å². The Morgan fingerprint density at radius 1 is 1.20 bits per heavy atom. The van der Waals surface area contributed by atoms with E-state index in [9.17, 15) is 10.0 Å². The fraction of sp³-hybridized carbons (Fsp3) is 0.0667. The van der Waals surface area contributed by atoms with Crippen LogP contribution in [0.2, 0.25) is 0 Å². The van der Waals surface area contributed by atoms with E-state index in [1.165, 1.54) is 7.11 Å². The fourth-order valence-corrected chi connectivity index (χ4v) is 2.09. The Morgan fingerprint density at radius 2 is 1.95 bits per heavy atom. The third-order valence-electron chi connectivity index (χ3n) is 3.08. The van der Waals surface area contributed by atoms with Gasteiger partial charge in [-0.2, -0.15) is 4.73 Å². The van der Waals surface area contributed by atoms with E-state index in [0.717, 1.165) is 10.3 Å². The molecule has 1 heterocycles. The molecule has 3 aromatic rings. The number of aromatic nitrogens is 2. The van der Waals surface area contributed by atoms with Gasteiger partial charge < -0.3 is 9.94 Å². The van der Waals surface area contributed by atoms with Crippen molar-refractivity contribution in [2.45, 2.75) is 0 Å². The smallest absolute Gasteiger partial charge is 0.337 e. The van der Waals surface area contributed by atoms with Gasteiger partial charge in [-0.25, -0.2) is 9.78 Å². The second-order valence-corrected chi connectivity index (χ2v) is 4.31. The number of fused-ring (bicyclic) bond motifs is 1. The predicted molar refractivity (Wildman–Crippen MR) is 73.7 cm³/mol. The van der Waals surface area contributed by atoms with E-state index < -0.39 is 5.97 Å². The Kier molecular flexibility index (Phi) is 2.87. The standard InChI is InChI=1S/C15H12N2O3/c1-20-15(18)11-7-8-13-12(9-11)16-14(17(13)19)10-5-3-2-4-6-10/h2-9,19H,1H3. The molecule has 0 aliphatic carbocycles. The van der Waals surface area contributed by atoms with Gasteiger partial charge in [0.25, 0.3) is 0 Å². The maximum Gasteiger partial charge on any atom is 0.337 e. The molecule has 0 fully saturated rings. The Labute approximate surface area is 115 Å². The van der Waals surface area contributed by atoms with E-state index >= 15 is 0 Å². The average Bonchev–Trinajstić information content (AvgIpc) is 2.84. The van der Waals surface area contributed by atoms with Crippen molar-refractivity contribution in [2.24, 2.45) is 0 Å². The minimum atomic E-state index is -0.430. The van der Waals surface area contributed by atoms with Crippen LogP contribution in [0.5, 0.6) is 0 Å². The molecule has 3 rings (SSSR count). The molecule has 0 saturated heterocycles. The Balaban J connectivity index is 2.17. The number of carbonyl (C=O) groups excluding carboxylic acids is 1. The molecular weight excluding hydrogens is 256 g/mol. The van der Waals surface area contributed by atoms with E-state index in [0.29, 0.717) is 22.4 Å². The van der Waals surface area contributed by atoms with Crippen molar-refractivity contribution in [1.82, 2.24) is 9.71 Å². The van der Waals surface area contributed by atoms with Gasteiger partial charge in [-0.15, -0.1) is 0 Å². The molecule has 0 bridgehead atoms. The first kappa shape index (κ1) is 12.2. The number of carbonyl (C=O) groups is 1. The van der Waals surface area contributed by atoms with E-state index in [4.69, 9.17) is 0 Å². The van der Waals surface area contributed by atoms with Gasteiger partial charge in [-0.3, -0.25) is 0 Å². The topological polar surface area (TPSA) is 64.3 Å². The summed E-state index contributed by atoms with van der Waals surface area (Å²) in [4.78, 5) is 15.9. The van der Waals surface area contributed by atoms with Gasteiger partial charge >= 0.3 is 5.97 Å². The molecule has 0 aliphatic heterocycles. The van der Waals surface area contributed by atoms with Gasteiger partial charge in [0.1, 0.15) is 5.52 Å². The van der Waals surface area contributed by atoms with Crippen LogP contribution in [0.4, 0.5) is 0 Å². The molecule has 5 heteroatoms. The zero-order valence-corrected chi connectivity index (χ0v) is 10.8. The maximum absolute atomic E-state index is 11.5. The summed E-state index contributed by atoms with van der Waals surface area (Å²) in [5, 5.41) is 10.2. The molecule has 0 spiro atoms. The number of hydrogen-bond donors (Lipinski definition) is 1. The molecule has 5 nitrogen and oxygen atoms in total. The summed E-state index contributed by atoms with van der Waals surface area (Å²) in [5.74, 6) is 0.00302. The molecule has 0 atom stereocenters. The van der Waals surface area contributed by atoms with E-state index in [1.54, 1.807) is 18.2 Å². The number of hydrogen-bond acceptors (Lipinski definition) is 4. The molecule has 0 saturated carbocycles. The van der Waals surface area contributed by atoms with Crippen LogP contribution in [0.15, 0.2) is 48.5 Å².